The molecule has 0 bridgehead atoms. The average Bonchev–Trinajstić information content (AvgIpc) is 3.14. The van der Waals surface area contributed by atoms with Gasteiger partial charge >= 0.3 is 0 Å². The first kappa shape index (κ1) is 17.4. The minimum absolute atomic E-state index is 0.0606. The number of nitrogens with one attached hydrogen (secondary N) is 1. The van der Waals surface area contributed by atoms with Crippen LogP contribution in [0.5, 0.6) is 0 Å². The minimum Gasteiger partial charge on any atom is -0.356 e. The summed E-state index contributed by atoms with van der Waals surface area (Å²) in [4.78, 5) is 30.5. The molecular weight excluding hydrogens is 338 g/mol. The highest BCUT2D eigenvalue weighted by molar-refractivity contribution is 5.95. The van der Waals surface area contributed by atoms with E-state index in [-0.39, 0.29) is 5.78 Å². The third-order valence-electron chi connectivity index (χ3n) is 5.32. The van der Waals surface area contributed by atoms with Crippen molar-refractivity contribution in [3.05, 3.63) is 60.1 Å². The molecule has 2 aromatic heterocycles. The van der Waals surface area contributed by atoms with Crippen LogP contribution in [0.15, 0.2) is 43.1 Å². The van der Waals surface area contributed by atoms with Crippen LogP contribution in [0.4, 0.5) is 5.82 Å². The van der Waals surface area contributed by atoms with Crippen LogP contribution in [0.25, 0.3) is 11.1 Å². The van der Waals surface area contributed by atoms with Crippen LogP contribution in [0.3, 0.4) is 0 Å². The fourth-order valence-corrected chi connectivity index (χ4v) is 3.83. The molecule has 6 heteroatoms. The highest BCUT2D eigenvalue weighted by Gasteiger charge is 2.25. The van der Waals surface area contributed by atoms with Crippen LogP contribution in [0, 0.1) is 6.92 Å². The van der Waals surface area contributed by atoms with E-state index < -0.39 is 0 Å². The first-order chi connectivity index (χ1) is 13.1. The summed E-state index contributed by atoms with van der Waals surface area (Å²) >= 11 is 0. The Balaban J connectivity index is 1.58. The minimum atomic E-state index is 0.0606. The normalized spacial score (nSPS) is 15.1. The van der Waals surface area contributed by atoms with Crippen molar-refractivity contribution in [2.24, 2.45) is 0 Å². The highest BCUT2D eigenvalue weighted by atomic mass is 16.1. The van der Waals surface area contributed by atoms with Crippen LogP contribution in [-0.4, -0.2) is 38.8 Å². The summed E-state index contributed by atoms with van der Waals surface area (Å²) in [6.45, 7) is 5.52. The monoisotopic (exact) mass is 361 g/mol. The fraction of sp³-hybridized carbons (Fsp3) is 0.333. The maximum Gasteiger partial charge on any atom is 0.159 e. The number of ketones is 1. The third kappa shape index (κ3) is 3.47. The number of anilines is 1. The second-order valence-electron chi connectivity index (χ2n) is 7.07. The lowest BCUT2D eigenvalue weighted by Gasteiger charge is -2.33. The van der Waals surface area contributed by atoms with Crippen molar-refractivity contribution in [2.45, 2.75) is 32.6 Å². The van der Waals surface area contributed by atoms with E-state index in [2.05, 4.69) is 31.8 Å². The van der Waals surface area contributed by atoms with Crippen LogP contribution in [0.1, 0.15) is 47.4 Å². The number of aromatic amines is 1. The molecule has 4 rings (SSSR count). The second-order valence-corrected chi connectivity index (χ2v) is 7.07. The van der Waals surface area contributed by atoms with Gasteiger partial charge in [0.1, 0.15) is 12.1 Å². The highest BCUT2D eigenvalue weighted by Crippen LogP contribution is 2.34. The Morgan fingerprint density at radius 1 is 1.22 bits per heavy atom. The van der Waals surface area contributed by atoms with Gasteiger partial charge in [-0.3, -0.25) is 4.79 Å². The third-order valence-corrected chi connectivity index (χ3v) is 5.32. The topological polar surface area (TPSA) is 74.8 Å². The number of Topliss-reactive ketones (excluding diaryl/α,β-unsaturated/α-hetero) is 1. The molecule has 3 heterocycles. The van der Waals surface area contributed by atoms with Crippen molar-refractivity contribution >= 4 is 11.6 Å². The Labute approximate surface area is 158 Å². The summed E-state index contributed by atoms with van der Waals surface area (Å²) in [6.07, 6.45) is 7.30. The molecule has 0 unspecified atom stereocenters. The molecule has 1 fully saturated rings. The average molecular weight is 361 g/mol. The number of nitrogens with zero attached hydrogens (tertiary/aromatic N) is 4. The molecule has 138 valence electrons. The van der Waals surface area contributed by atoms with Gasteiger partial charge in [-0.15, -0.1) is 0 Å². The van der Waals surface area contributed by atoms with E-state index in [1.807, 2.05) is 30.5 Å². The number of hydrogen-bond acceptors (Lipinski definition) is 5. The summed E-state index contributed by atoms with van der Waals surface area (Å²) in [5.41, 5.74) is 5.00. The fourth-order valence-electron chi connectivity index (χ4n) is 3.83. The zero-order valence-corrected chi connectivity index (χ0v) is 15.6. The first-order valence-electron chi connectivity index (χ1n) is 9.29. The largest absolute Gasteiger partial charge is 0.356 e. The molecule has 0 amide bonds. The number of piperidine rings is 1. The van der Waals surface area contributed by atoms with Crippen LogP contribution in [-0.2, 0) is 0 Å². The quantitative estimate of drug-likeness (QED) is 0.716. The van der Waals surface area contributed by atoms with Gasteiger partial charge in [0.25, 0.3) is 0 Å². The molecule has 0 saturated carbocycles. The molecule has 1 aliphatic rings. The van der Waals surface area contributed by atoms with Gasteiger partial charge in [-0.25, -0.2) is 15.0 Å². The van der Waals surface area contributed by atoms with Crippen molar-refractivity contribution in [3.63, 3.8) is 0 Å². The molecule has 0 aliphatic carbocycles. The Morgan fingerprint density at radius 3 is 2.74 bits per heavy atom. The number of H-pyrrole nitrogens is 1. The summed E-state index contributed by atoms with van der Waals surface area (Å²) in [6, 6.07) is 7.68. The molecule has 0 radical (unpaired) electrons. The summed E-state index contributed by atoms with van der Waals surface area (Å²) in [7, 11) is 0. The van der Waals surface area contributed by atoms with Crippen LogP contribution in [0.2, 0.25) is 0 Å². The van der Waals surface area contributed by atoms with E-state index in [1.165, 1.54) is 5.69 Å². The number of carbonyl (C=O) groups excluding carboxylic acids is 1. The Morgan fingerprint density at radius 2 is 2.04 bits per heavy atom. The van der Waals surface area contributed by atoms with Crippen LogP contribution < -0.4 is 4.90 Å². The standard InChI is InChI=1S/C21H23N5O/c1-14-20(24-13-23-14)16-6-8-26(9-7-16)21-19(11-22-12-25-21)18-5-3-4-17(10-18)15(2)27/h3-5,10-13,16H,6-9H2,1-2H3,(H,23,24). The zero-order chi connectivity index (χ0) is 18.8. The zero-order valence-electron chi connectivity index (χ0n) is 15.6. The number of benzene rings is 1. The lowest BCUT2D eigenvalue weighted by atomic mass is 9.92. The molecule has 3 aromatic rings. The van der Waals surface area contributed by atoms with E-state index in [1.54, 1.807) is 19.6 Å². The maximum atomic E-state index is 11.7. The lowest BCUT2D eigenvalue weighted by Crippen LogP contribution is -2.34. The van der Waals surface area contributed by atoms with Gasteiger partial charge in [0.05, 0.1) is 12.0 Å². The Hall–Kier alpha value is -3.02. The summed E-state index contributed by atoms with van der Waals surface area (Å²) < 4.78 is 0. The maximum absolute atomic E-state index is 11.7. The first-order valence-corrected chi connectivity index (χ1v) is 9.29. The SMILES string of the molecule is CC(=O)c1cccc(-c2cncnc2N2CCC(c3nc[nH]c3C)CC2)c1. The number of rotatable bonds is 4. The lowest BCUT2D eigenvalue weighted by molar-refractivity contribution is 0.101. The van der Waals surface area contributed by atoms with E-state index in [0.29, 0.717) is 11.5 Å². The summed E-state index contributed by atoms with van der Waals surface area (Å²) in [5, 5.41) is 0. The predicted octanol–water partition coefficient (Wildman–Crippen LogP) is 3.76. The Bertz CT molecular complexity index is 956. The van der Waals surface area contributed by atoms with Crippen molar-refractivity contribution in [1.29, 1.82) is 0 Å². The van der Waals surface area contributed by atoms with Crippen molar-refractivity contribution < 1.29 is 4.79 Å². The van der Waals surface area contributed by atoms with Gasteiger partial charge in [-0.1, -0.05) is 18.2 Å². The number of imidazole rings is 1. The second kappa shape index (κ2) is 7.31. The van der Waals surface area contributed by atoms with E-state index in [4.69, 9.17) is 0 Å². The van der Waals surface area contributed by atoms with Crippen molar-refractivity contribution in [1.82, 2.24) is 19.9 Å². The van der Waals surface area contributed by atoms with E-state index in [9.17, 15) is 4.79 Å². The van der Waals surface area contributed by atoms with Crippen molar-refractivity contribution in [3.8, 4) is 11.1 Å². The summed E-state index contributed by atoms with van der Waals surface area (Å²) in [5.74, 6) is 1.48. The number of aromatic nitrogens is 4. The van der Waals surface area contributed by atoms with Crippen LogP contribution >= 0.6 is 0 Å². The van der Waals surface area contributed by atoms with Gasteiger partial charge < -0.3 is 9.88 Å². The van der Waals surface area contributed by atoms with Gasteiger partial charge in [-0.2, -0.15) is 0 Å². The molecule has 1 N–H and O–H groups in total. The van der Waals surface area contributed by atoms with Gasteiger partial charge in [0.2, 0.25) is 0 Å². The number of aryl methyl sites for hydroxylation is 1. The molecule has 0 atom stereocenters. The molecule has 0 spiro atoms. The molecule has 27 heavy (non-hydrogen) atoms. The molecule has 1 saturated heterocycles. The van der Waals surface area contributed by atoms with Gasteiger partial charge in [-0.05, 0) is 38.3 Å². The predicted molar refractivity (Wildman–Crippen MR) is 105 cm³/mol. The molecule has 1 aromatic carbocycles. The molecular formula is C21H23N5O. The number of carbonyl (C=O) groups is 1. The Kier molecular flexibility index (Phi) is 4.71. The molecule has 1 aliphatic heterocycles. The van der Waals surface area contributed by atoms with Gasteiger partial charge in [0, 0.05) is 42.0 Å². The smallest absolute Gasteiger partial charge is 0.159 e. The number of hydrogen-bond donors (Lipinski definition) is 1. The van der Waals surface area contributed by atoms with E-state index >= 15 is 0 Å². The molecule has 6 nitrogen and oxygen atoms in total. The van der Waals surface area contributed by atoms with E-state index in [0.717, 1.165) is 48.6 Å². The van der Waals surface area contributed by atoms with Gasteiger partial charge in [0.15, 0.2) is 5.78 Å². The van der Waals surface area contributed by atoms with Crippen molar-refractivity contribution in [2.75, 3.05) is 18.0 Å².